The molecule has 12 heteroatoms. The summed E-state index contributed by atoms with van der Waals surface area (Å²) >= 11 is 6.37. The fraction of sp³-hybridized carbons (Fsp3) is 0.286. The molecule has 0 atom stereocenters. The standard InChI is InChI=1S/C28H25ClN10O/c1-35(2)27-33-32-25-23-24(22-10-17(12-30)13-36(22)3)38(15-18-8-9-31-21-7-6-19(29)11-20(18)21)34-26(23)37(14-16-4-5-16)28(40)39(25)27/h6-11,13,16H,4-5,14-15H2,1-3H3. The molecular weight excluding hydrogens is 528 g/mol. The van der Waals surface area contributed by atoms with Crippen molar-refractivity contribution in [3.05, 3.63) is 69.4 Å². The molecule has 200 valence electrons. The Hall–Kier alpha value is -4.69. The van der Waals surface area contributed by atoms with Crippen LogP contribution in [0.2, 0.25) is 5.02 Å². The van der Waals surface area contributed by atoms with Gasteiger partial charge in [-0.15, -0.1) is 10.2 Å². The molecule has 5 aromatic heterocycles. The number of rotatable bonds is 6. The first-order valence-corrected chi connectivity index (χ1v) is 13.4. The predicted octanol–water partition coefficient (Wildman–Crippen LogP) is 3.84. The summed E-state index contributed by atoms with van der Waals surface area (Å²) in [6, 6.07) is 11.7. The topological polar surface area (TPSA) is 115 Å². The first-order valence-electron chi connectivity index (χ1n) is 13.0. The maximum absolute atomic E-state index is 13.9. The molecular formula is C28H25ClN10O. The summed E-state index contributed by atoms with van der Waals surface area (Å²) in [6.45, 7) is 0.950. The normalized spacial score (nSPS) is 13.5. The van der Waals surface area contributed by atoms with Crippen LogP contribution < -0.4 is 10.6 Å². The molecule has 7 rings (SSSR count). The van der Waals surface area contributed by atoms with E-state index in [9.17, 15) is 10.1 Å². The van der Waals surface area contributed by atoms with E-state index < -0.39 is 0 Å². The lowest BCUT2D eigenvalue weighted by atomic mass is 10.1. The molecule has 0 amide bonds. The Bertz CT molecular complexity index is 2070. The third-order valence-corrected chi connectivity index (χ3v) is 7.74. The highest BCUT2D eigenvalue weighted by Crippen LogP contribution is 2.36. The van der Waals surface area contributed by atoms with Gasteiger partial charge in [0, 0.05) is 50.5 Å². The zero-order valence-electron chi connectivity index (χ0n) is 22.2. The van der Waals surface area contributed by atoms with Crippen molar-refractivity contribution in [1.29, 1.82) is 5.26 Å². The lowest BCUT2D eigenvalue weighted by Crippen LogP contribution is -2.30. The summed E-state index contributed by atoms with van der Waals surface area (Å²) in [5.74, 6) is 0.877. The Balaban J connectivity index is 1.59. The molecule has 5 heterocycles. The zero-order chi connectivity index (χ0) is 27.7. The Labute approximate surface area is 233 Å². The fourth-order valence-electron chi connectivity index (χ4n) is 5.39. The van der Waals surface area contributed by atoms with E-state index in [0.717, 1.165) is 40.7 Å². The minimum absolute atomic E-state index is 0.218. The quantitative estimate of drug-likeness (QED) is 0.308. The first kappa shape index (κ1) is 24.4. The van der Waals surface area contributed by atoms with Gasteiger partial charge in [-0.05, 0) is 54.7 Å². The predicted molar refractivity (Wildman–Crippen MR) is 153 cm³/mol. The number of pyridine rings is 1. The average Bonchev–Trinajstić information content (AvgIpc) is 3.34. The highest BCUT2D eigenvalue weighted by atomic mass is 35.5. The monoisotopic (exact) mass is 552 g/mol. The maximum Gasteiger partial charge on any atom is 0.338 e. The van der Waals surface area contributed by atoms with Crippen LogP contribution in [-0.2, 0) is 20.1 Å². The van der Waals surface area contributed by atoms with Crippen molar-refractivity contribution in [3.63, 3.8) is 0 Å². The van der Waals surface area contributed by atoms with Gasteiger partial charge in [-0.25, -0.2) is 9.20 Å². The number of anilines is 1. The lowest BCUT2D eigenvalue weighted by Gasteiger charge is -2.12. The van der Waals surface area contributed by atoms with Crippen LogP contribution in [0.1, 0.15) is 24.0 Å². The number of nitriles is 1. The summed E-state index contributed by atoms with van der Waals surface area (Å²) in [5.41, 5.74) is 4.61. The summed E-state index contributed by atoms with van der Waals surface area (Å²) in [5, 5.41) is 25.9. The van der Waals surface area contributed by atoms with Gasteiger partial charge in [0.15, 0.2) is 11.3 Å². The number of aryl methyl sites for hydroxylation is 1. The van der Waals surface area contributed by atoms with Gasteiger partial charge in [-0.1, -0.05) is 11.6 Å². The van der Waals surface area contributed by atoms with E-state index in [0.29, 0.717) is 52.2 Å². The second kappa shape index (κ2) is 8.93. The number of fused-ring (bicyclic) bond motifs is 4. The van der Waals surface area contributed by atoms with Crippen LogP contribution in [-0.4, -0.2) is 52.6 Å². The number of benzene rings is 1. The first-order chi connectivity index (χ1) is 19.3. The molecule has 0 spiro atoms. The molecule has 0 bridgehead atoms. The van der Waals surface area contributed by atoms with Gasteiger partial charge in [0.1, 0.15) is 6.07 Å². The Morgan fingerprint density at radius 3 is 2.70 bits per heavy atom. The molecule has 0 N–H and O–H groups in total. The molecule has 1 aliphatic rings. The minimum atomic E-state index is -0.218. The molecule has 11 nitrogen and oxygen atoms in total. The number of nitrogens with zero attached hydrogens (tertiary/aromatic N) is 10. The Morgan fingerprint density at radius 2 is 1.98 bits per heavy atom. The lowest BCUT2D eigenvalue weighted by molar-refractivity contribution is 0.594. The van der Waals surface area contributed by atoms with Crippen LogP contribution in [0.5, 0.6) is 0 Å². The maximum atomic E-state index is 13.9. The largest absolute Gasteiger partial charge is 0.348 e. The van der Waals surface area contributed by atoms with Crippen LogP contribution in [0.3, 0.4) is 0 Å². The minimum Gasteiger partial charge on any atom is -0.348 e. The van der Waals surface area contributed by atoms with Crippen molar-refractivity contribution in [2.45, 2.75) is 25.9 Å². The molecule has 0 aliphatic heterocycles. The zero-order valence-corrected chi connectivity index (χ0v) is 23.0. The average molecular weight is 553 g/mol. The van der Waals surface area contributed by atoms with Crippen LogP contribution in [0.25, 0.3) is 39.0 Å². The molecule has 1 aliphatic carbocycles. The molecule has 0 saturated heterocycles. The second-order valence-electron chi connectivity index (χ2n) is 10.6. The Morgan fingerprint density at radius 1 is 1.15 bits per heavy atom. The van der Waals surface area contributed by atoms with Crippen LogP contribution >= 0.6 is 11.6 Å². The summed E-state index contributed by atoms with van der Waals surface area (Å²) < 4.78 is 7.12. The van der Waals surface area contributed by atoms with E-state index in [-0.39, 0.29) is 5.69 Å². The molecule has 1 fully saturated rings. The van der Waals surface area contributed by atoms with Crippen molar-refractivity contribution in [2.24, 2.45) is 13.0 Å². The van der Waals surface area contributed by atoms with E-state index in [2.05, 4.69) is 21.3 Å². The van der Waals surface area contributed by atoms with Crippen molar-refractivity contribution >= 4 is 45.1 Å². The van der Waals surface area contributed by atoms with E-state index in [1.54, 1.807) is 26.3 Å². The van der Waals surface area contributed by atoms with Gasteiger partial charge in [0.2, 0.25) is 5.95 Å². The SMILES string of the molecule is CN(C)c1nnc2c3c(-c4cc(C#N)cn4C)n(Cc4ccnc5ccc(Cl)cc45)nc3n(CC3CC3)c(=O)n12. The van der Waals surface area contributed by atoms with Gasteiger partial charge >= 0.3 is 5.69 Å². The number of hydrogen-bond donors (Lipinski definition) is 0. The van der Waals surface area contributed by atoms with Crippen LogP contribution in [0.4, 0.5) is 5.95 Å². The third-order valence-electron chi connectivity index (χ3n) is 7.51. The van der Waals surface area contributed by atoms with Crippen LogP contribution in [0.15, 0.2) is 47.5 Å². The molecule has 6 aromatic rings. The van der Waals surface area contributed by atoms with E-state index in [4.69, 9.17) is 16.7 Å². The van der Waals surface area contributed by atoms with Crippen molar-refractivity contribution in [2.75, 3.05) is 19.0 Å². The van der Waals surface area contributed by atoms with Crippen LogP contribution in [0, 0.1) is 17.2 Å². The van der Waals surface area contributed by atoms with Gasteiger partial charge < -0.3 is 9.47 Å². The van der Waals surface area contributed by atoms with E-state index in [1.807, 2.05) is 60.7 Å². The fourth-order valence-corrected chi connectivity index (χ4v) is 5.56. The van der Waals surface area contributed by atoms with Gasteiger partial charge in [0.05, 0.1) is 34.4 Å². The van der Waals surface area contributed by atoms with Gasteiger partial charge in [0.25, 0.3) is 0 Å². The molecule has 40 heavy (non-hydrogen) atoms. The second-order valence-corrected chi connectivity index (χ2v) is 11.0. The smallest absolute Gasteiger partial charge is 0.338 e. The summed E-state index contributed by atoms with van der Waals surface area (Å²) in [7, 11) is 5.57. The van der Waals surface area contributed by atoms with Crippen molar-refractivity contribution in [3.8, 4) is 17.5 Å². The van der Waals surface area contributed by atoms with E-state index >= 15 is 0 Å². The van der Waals surface area contributed by atoms with Gasteiger partial charge in [-0.3, -0.25) is 14.2 Å². The van der Waals surface area contributed by atoms with Gasteiger partial charge in [-0.2, -0.15) is 10.4 Å². The molecule has 1 saturated carbocycles. The van der Waals surface area contributed by atoms with Crippen molar-refractivity contribution < 1.29 is 0 Å². The number of aromatic nitrogens is 8. The highest BCUT2D eigenvalue weighted by molar-refractivity contribution is 6.31. The number of halogens is 1. The molecule has 0 unspecified atom stereocenters. The summed E-state index contributed by atoms with van der Waals surface area (Å²) in [4.78, 5) is 20.2. The summed E-state index contributed by atoms with van der Waals surface area (Å²) in [6.07, 6.45) is 5.71. The highest BCUT2D eigenvalue weighted by Gasteiger charge is 2.30. The van der Waals surface area contributed by atoms with E-state index in [1.165, 1.54) is 0 Å². The molecule has 0 radical (unpaired) electrons. The molecule has 1 aromatic carbocycles. The third kappa shape index (κ3) is 3.75. The van der Waals surface area contributed by atoms with Crippen molar-refractivity contribution in [1.82, 2.24) is 38.5 Å². The Kier molecular flexibility index (Phi) is 5.43. The number of hydrogen-bond acceptors (Lipinski definition) is 7.